The van der Waals surface area contributed by atoms with Crippen LogP contribution in [0.5, 0.6) is 5.75 Å². The van der Waals surface area contributed by atoms with Gasteiger partial charge in [0, 0.05) is 26.2 Å². The van der Waals surface area contributed by atoms with Crippen LogP contribution in [-0.2, 0) is 26.0 Å². The van der Waals surface area contributed by atoms with Crippen molar-refractivity contribution in [3.05, 3.63) is 23.8 Å². The quantitative estimate of drug-likeness (QED) is 0.580. The molecule has 0 aliphatic carbocycles. The van der Waals surface area contributed by atoms with Crippen molar-refractivity contribution in [1.82, 2.24) is 14.9 Å². The number of ether oxygens (including phenoxy) is 2. The Morgan fingerprint density at radius 3 is 2.65 bits per heavy atom. The maximum absolute atomic E-state index is 12.9. The number of hydrogen-bond acceptors (Lipinski definition) is 6. The molecule has 0 unspecified atom stereocenters. The number of likely N-dealkylation sites (N-methyl/N-ethyl adjacent to an activating group) is 1. The second kappa shape index (κ2) is 9.86. The second-order valence-corrected chi connectivity index (χ2v) is 7.79. The van der Waals surface area contributed by atoms with Crippen LogP contribution in [0.15, 0.2) is 23.1 Å². The first kappa shape index (κ1) is 20.6. The first-order chi connectivity index (χ1) is 12.5. The van der Waals surface area contributed by atoms with E-state index >= 15 is 0 Å². The zero-order valence-electron chi connectivity index (χ0n) is 15.3. The molecule has 1 fully saturated rings. The smallest absolute Gasteiger partial charge is 0.246 e. The monoisotopic (exact) mass is 385 g/mol. The number of carbonyl (C=O) groups is 1. The maximum atomic E-state index is 12.9. The first-order valence-corrected chi connectivity index (χ1v) is 10.1. The molecule has 0 radical (unpaired) electrons. The van der Waals surface area contributed by atoms with E-state index in [9.17, 15) is 13.2 Å². The normalized spacial score (nSPS) is 15.6. The molecule has 1 aliphatic rings. The van der Waals surface area contributed by atoms with E-state index in [0.29, 0.717) is 45.0 Å². The molecule has 0 bridgehead atoms. The molecular formula is C17H27N3O5S. The molecule has 1 heterocycles. The number of hydrogen-bond donors (Lipinski definition) is 2. The summed E-state index contributed by atoms with van der Waals surface area (Å²) in [6.07, 6.45) is 0.113. The van der Waals surface area contributed by atoms with Gasteiger partial charge in [0.2, 0.25) is 15.9 Å². The number of sulfonamides is 1. The van der Waals surface area contributed by atoms with E-state index < -0.39 is 10.0 Å². The zero-order valence-corrected chi connectivity index (χ0v) is 16.1. The molecule has 1 amide bonds. The standard InChI is InChI=1S/C17H27N3O5S/c1-3-18-6-7-19-17(21)13-14-4-5-15(24-2)16(12-14)26(22,23)20-8-10-25-11-9-20/h4-5,12,18H,3,6-11,13H2,1-2H3,(H,19,21). The molecule has 8 nitrogen and oxygen atoms in total. The van der Waals surface area contributed by atoms with Gasteiger partial charge in [-0.15, -0.1) is 0 Å². The van der Waals surface area contributed by atoms with Gasteiger partial charge >= 0.3 is 0 Å². The van der Waals surface area contributed by atoms with Crippen molar-refractivity contribution < 1.29 is 22.7 Å². The Kier molecular flexibility index (Phi) is 7.83. The average Bonchev–Trinajstić information content (AvgIpc) is 2.66. The van der Waals surface area contributed by atoms with E-state index in [-0.39, 0.29) is 23.0 Å². The lowest BCUT2D eigenvalue weighted by atomic mass is 10.1. The molecule has 0 spiro atoms. The Bertz CT molecular complexity index is 702. The van der Waals surface area contributed by atoms with Crippen LogP contribution >= 0.6 is 0 Å². The van der Waals surface area contributed by atoms with Crippen molar-refractivity contribution in [2.24, 2.45) is 0 Å². The summed E-state index contributed by atoms with van der Waals surface area (Å²) in [5.41, 5.74) is 0.624. The highest BCUT2D eigenvalue weighted by molar-refractivity contribution is 7.89. The number of nitrogens with zero attached hydrogens (tertiary/aromatic N) is 1. The summed E-state index contributed by atoms with van der Waals surface area (Å²) in [6.45, 7) is 5.42. The Labute approximate surface area is 154 Å². The molecule has 26 heavy (non-hydrogen) atoms. The highest BCUT2D eigenvalue weighted by Crippen LogP contribution is 2.28. The SMILES string of the molecule is CCNCCNC(=O)Cc1ccc(OC)c(S(=O)(=O)N2CCOCC2)c1. The molecule has 1 aliphatic heterocycles. The number of benzene rings is 1. The van der Waals surface area contributed by atoms with Gasteiger partial charge in [0.15, 0.2) is 0 Å². The largest absolute Gasteiger partial charge is 0.495 e. The molecule has 9 heteroatoms. The molecule has 1 saturated heterocycles. The highest BCUT2D eigenvalue weighted by Gasteiger charge is 2.29. The van der Waals surface area contributed by atoms with Crippen LogP contribution in [0, 0.1) is 0 Å². The Morgan fingerprint density at radius 2 is 2.00 bits per heavy atom. The average molecular weight is 385 g/mol. The van der Waals surface area contributed by atoms with Gasteiger partial charge in [0.25, 0.3) is 0 Å². The van der Waals surface area contributed by atoms with E-state index in [2.05, 4.69) is 10.6 Å². The Hall–Kier alpha value is -1.68. The maximum Gasteiger partial charge on any atom is 0.246 e. The summed E-state index contributed by atoms with van der Waals surface area (Å²) in [4.78, 5) is 12.1. The van der Waals surface area contributed by atoms with Crippen LogP contribution in [0.25, 0.3) is 0 Å². The van der Waals surface area contributed by atoms with Crippen LogP contribution in [-0.4, -0.2) is 71.7 Å². The number of morpholine rings is 1. The van der Waals surface area contributed by atoms with Crippen molar-refractivity contribution in [2.75, 3.05) is 53.0 Å². The third kappa shape index (κ3) is 5.41. The molecule has 1 aromatic rings. The van der Waals surface area contributed by atoms with Crippen molar-refractivity contribution >= 4 is 15.9 Å². The summed E-state index contributed by atoms with van der Waals surface area (Å²) in [5.74, 6) is 0.121. The summed E-state index contributed by atoms with van der Waals surface area (Å²) in [5, 5.41) is 5.93. The molecule has 0 aromatic heterocycles. The summed E-state index contributed by atoms with van der Waals surface area (Å²) < 4.78 is 37.7. The van der Waals surface area contributed by atoms with Crippen LogP contribution in [0.2, 0.25) is 0 Å². The third-order valence-electron chi connectivity index (χ3n) is 4.05. The van der Waals surface area contributed by atoms with Crippen molar-refractivity contribution in [2.45, 2.75) is 18.2 Å². The molecule has 2 N–H and O–H groups in total. The lowest BCUT2D eigenvalue weighted by molar-refractivity contribution is -0.120. The van der Waals surface area contributed by atoms with Gasteiger partial charge in [-0.05, 0) is 24.2 Å². The van der Waals surface area contributed by atoms with E-state index in [1.165, 1.54) is 17.5 Å². The molecule has 0 atom stereocenters. The lowest BCUT2D eigenvalue weighted by Crippen LogP contribution is -2.40. The van der Waals surface area contributed by atoms with Gasteiger partial charge in [-0.3, -0.25) is 4.79 Å². The Balaban J connectivity index is 2.13. The van der Waals surface area contributed by atoms with Crippen molar-refractivity contribution in [3.8, 4) is 5.75 Å². The molecule has 146 valence electrons. The third-order valence-corrected chi connectivity index (χ3v) is 5.97. The molecule has 1 aromatic carbocycles. The zero-order chi connectivity index (χ0) is 19.0. The summed E-state index contributed by atoms with van der Waals surface area (Å²) in [7, 11) is -2.27. The summed E-state index contributed by atoms with van der Waals surface area (Å²) in [6, 6.07) is 4.82. The van der Waals surface area contributed by atoms with E-state index in [0.717, 1.165) is 6.54 Å². The highest BCUT2D eigenvalue weighted by atomic mass is 32.2. The summed E-state index contributed by atoms with van der Waals surface area (Å²) >= 11 is 0. The van der Waals surface area contributed by atoms with Gasteiger partial charge in [-0.25, -0.2) is 8.42 Å². The fourth-order valence-electron chi connectivity index (χ4n) is 2.67. The fraction of sp³-hybridized carbons (Fsp3) is 0.588. The predicted molar refractivity (Wildman–Crippen MR) is 97.8 cm³/mol. The number of amides is 1. The molecule has 0 saturated carbocycles. The number of methoxy groups -OCH3 is 1. The second-order valence-electron chi connectivity index (χ2n) is 5.88. The predicted octanol–water partition coefficient (Wildman–Crippen LogP) is -0.0157. The topological polar surface area (TPSA) is 97.0 Å². The first-order valence-electron chi connectivity index (χ1n) is 8.71. The van der Waals surface area contributed by atoms with Gasteiger partial charge in [-0.1, -0.05) is 13.0 Å². The van der Waals surface area contributed by atoms with E-state index in [4.69, 9.17) is 9.47 Å². The molecule has 2 rings (SSSR count). The molecular weight excluding hydrogens is 358 g/mol. The minimum atomic E-state index is -3.70. The van der Waals surface area contributed by atoms with Gasteiger partial charge in [0.1, 0.15) is 10.6 Å². The van der Waals surface area contributed by atoms with Crippen molar-refractivity contribution in [1.29, 1.82) is 0 Å². The minimum Gasteiger partial charge on any atom is -0.495 e. The Morgan fingerprint density at radius 1 is 1.27 bits per heavy atom. The number of carbonyl (C=O) groups excluding carboxylic acids is 1. The fourth-order valence-corrected chi connectivity index (χ4v) is 4.29. The van der Waals surface area contributed by atoms with Gasteiger partial charge in [0.05, 0.1) is 26.7 Å². The number of rotatable bonds is 9. The minimum absolute atomic E-state index is 0.0832. The number of nitrogens with one attached hydrogen (secondary N) is 2. The van der Waals surface area contributed by atoms with Crippen LogP contribution < -0.4 is 15.4 Å². The lowest BCUT2D eigenvalue weighted by Gasteiger charge is -2.26. The van der Waals surface area contributed by atoms with E-state index in [1.54, 1.807) is 12.1 Å². The van der Waals surface area contributed by atoms with Crippen LogP contribution in [0.1, 0.15) is 12.5 Å². The van der Waals surface area contributed by atoms with Gasteiger partial charge < -0.3 is 20.1 Å². The van der Waals surface area contributed by atoms with Crippen molar-refractivity contribution in [3.63, 3.8) is 0 Å². The van der Waals surface area contributed by atoms with Gasteiger partial charge in [-0.2, -0.15) is 4.31 Å². The van der Waals surface area contributed by atoms with Crippen LogP contribution in [0.4, 0.5) is 0 Å². The van der Waals surface area contributed by atoms with Crippen LogP contribution in [0.3, 0.4) is 0 Å². The van der Waals surface area contributed by atoms with E-state index in [1.807, 2.05) is 6.92 Å².